The Kier molecular flexibility index (Phi) is 5.85. The van der Waals surface area contributed by atoms with Crippen LogP contribution in [0.1, 0.15) is 16.2 Å². The number of benzene rings is 1. The highest BCUT2D eigenvalue weighted by atomic mass is 79.9. The van der Waals surface area contributed by atoms with Gasteiger partial charge in [-0.25, -0.2) is 4.98 Å². The van der Waals surface area contributed by atoms with Crippen molar-refractivity contribution in [1.82, 2.24) is 4.98 Å². The SMILES string of the molecule is O=C(C=Cc1cc(Cc2ccco2)cs1)Nc1nc(-c2ccc(Br)cc2)cs1. The average molecular weight is 471 g/mol. The first-order valence-electron chi connectivity index (χ1n) is 8.46. The Hall–Kier alpha value is -2.48. The maximum atomic E-state index is 12.2. The monoisotopic (exact) mass is 470 g/mol. The highest BCUT2D eigenvalue weighted by Crippen LogP contribution is 2.26. The van der Waals surface area contributed by atoms with Crippen molar-refractivity contribution >= 4 is 55.7 Å². The number of carbonyl (C=O) groups is 1. The van der Waals surface area contributed by atoms with Gasteiger partial charge in [-0.3, -0.25) is 10.1 Å². The van der Waals surface area contributed by atoms with Gasteiger partial charge in [-0.2, -0.15) is 0 Å². The third kappa shape index (κ3) is 4.86. The molecule has 0 aliphatic heterocycles. The number of nitrogens with one attached hydrogen (secondary N) is 1. The molecule has 0 spiro atoms. The number of furan rings is 1. The summed E-state index contributed by atoms with van der Waals surface area (Å²) in [4.78, 5) is 17.7. The van der Waals surface area contributed by atoms with E-state index in [9.17, 15) is 4.79 Å². The lowest BCUT2D eigenvalue weighted by Gasteiger charge is -1.97. The normalized spacial score (nSPS) is 11.2. The fourth-order valence-corrected chi connectivity index (χ4v) is 4.37. The number of hydrogen-bond donors (Lipinski definition) is 1. The summed E-state index contributed by atoms with van der Waals surface area (Å²) in [6, 6.07) is 13.8. The van der Waals surface area contributed by atoms with Gasteiger partial charge < -0.3 is 4.42 Å². The van der Waals surface area contributed by atoms with Crippen LogP contribution in [-0.2, 0) is 11.2 Å². The number of thiophene rings is 1. The van der Waals surface area contributed by atoms with E-state index in [0.717, 1.165) is 32.8 Å². The van der Waals surface area contributed by atoms with Gasteiger partial charge in [0.25, 0.3) is 0 Å². The van der Waals surface area contributed by atoms with E-state index in [1.807, 2.05) is 47.9 Å². The number of carbonyl (C=O) groups excluding carboxylic acids is 1. The zero-order valence-electron chi connectivity index (χ0n) is 14.6. The molecule has 0 aliphatic carbocycles. The summed E-state index contributed by atoms with van der Waals surface area (Å²) < 4.78 is 6.38. The zero-order valence-corrected chi connectivity index (χ0v) is 17.8. The van der Waals surface area contributed by atoms with Crippen LogP contribution in [0.4, 0.5) is 5.13 Å². The predicted octanol–water partition coefficient (Wildman–Crippen LogP) is 6.47. The lowest BCUT2D eigenvalue weighted by molar-refractivity contribution is -0.111. The maximum absolute atomic E-state index is 12.2. The topological polar surface area (TPSA) is 55.1 Å². The molecule has 1 amide bonds. The van der Waals surface area contributed by atoms with Crippen molar-refractivity contribution in [2.75, 3.05) is 5.32 Å². The number of hydrogen-bond acceptors (Lipinski definition) is 5. The van der Waals surface area contributed by atoms with Gasteiger partial charge in [-0.05, 0) is 47.4 Å². The van der Waals surface area contributed by atoms with Gasteiger partial charge in [0, 0.05) is 32.8 Å². The van der Waals surface area contributed by atoms with E-state index < -0.39 is 0 Å². The first kappa shape index (κ1) is 18.9. The lowest BCUT2D eigenvalue weighted by Crippen LogP contribution is -2.07. The van der Waals surface area contributed by atoms with Gasteiger partial charge in [0.05, 0.1) is 12.0 Å². The zero-order chi connectivity index (χ0) is 19.3. The molecule has 0 bridgehead atoms. The Morgan fingerprint density at radius 2 is 2.04 bits per heavy atom. The van der Waals surface area contributed by atoms with Gasteiger partial charge in [0.15, 0.2) is 5.13 Å². The molecule has 1 N–H and O–H groups in total. The third-order valence-electron chi connectivity index (χ3n) is 3.91. The van der Waals surface area contributed by atoms with E-state index in [0.29, 0.717) is 5.13 Å². The fourth-order valence-electron chi connectivity index (χ4n) is 2.58. The van der Waals surface area contributed by atoms with Crippen LogP contribution in [0.3, 0.4) is 0 Å². The van der Waals surface area contributed by atoms with Crippen LogP contribution in [0.15, 0.2) is 74.5 Å². The second kappa shape index (κ2) is 8.68. The van der Waals surface area contributed by atoms with E-state index in [1.165, 1.54) is 23.0 Å². The van der Waals surface area contributed by atoms with Crippen LogP contribution in [-0.4, -0.2) is 10.9 Å². The van der Waals surface area contributed by atoms with E-state index in [-0.39, 0.29) is 5.91 Å². The molecule has 0 saturated heterocycles. The molecule has 0 unspecified atom stereocenters. The second-order valence-corrected chi connectivity index (χ2v) is 8.70. The molecule has 0 atom stereocenters. The Balaban J connectivity index is 1.35. The van der Waals surface area contributed by atoms with Crippen LogP contribution < -0.4 is 5.32 Å². The molecule has 140 valence electrons. The molecule has 4 rings (SSSR count). The number of aromatic nitrogens is 1. The van der Waals surface area contributed by atoms with E-state index >= 15 is 0 Å². The number of thiazole rings is 1. The summed E-state index contributed by atoms with van der Waals surface area (Å²) in [5.41, 5.74) is 3.02. The van der Waals surface area contributed by atoms with Crippen molar-refractivity contribution in [3.63, 3.8) is 0 Å². The van der Waals surface area contributed by atoms with E-state index in [4.69, 9.17) is 4.42 Å². The highest BCUT2D eigenvalue weighted by Gasteiger charge is 2.07. The van der Waals surface area contributed by atoms with Crippen LogP contribution in [0, 0.1) is 0 Å². The summed E-state index contributed by atoms with van der Waals surface area (Å²) in [5, 5.41) is 7.41. The first-order chi connectivity index (χ1) is 13.7. The summed E-state index contributed by atoms with van der Waals surface area (Å²) >= 11 is 6.43. The lowest BCUT2D eigenvalue weighted by atomic mass is 10.2. The van der Waals surface area contributed by atoms with Crippen molar-refractivity contribution in [1.29, 1.82) is 0 Å². The molecule has 4 nitrogen and oxygen atoms in total. The van der Waals surface area contributed by atoms with Crippen molar-refractivity contribution in [2.24, 2.45) is 0 Å². The minimum absolute atomic E-state index is 0.197. The molecule has 4 aromatic rings. The summed E-state index contributed by atoms with van der Waals surface area (Å²) in [7, 11) is 0. The molecule has 3 heterocycles. The number of anilines is 1. The predicted molar refractivity (Wildman–Crippen MR) is 119 cm³/mol. The Morgan fingerprint density at radius 3 is 2.82 bits per heavy atom. The van der Waals surface area contributed by atoms with Crippen molar-refractivity contribution in [3.05, 3.63) is 86.2 Å². The van der Waals surface area contributed by atoms with Crippen molar-refractivity contribution in [2.45, 2.75) is 6.42 Å². The average Bonchev–Trinajstić information content (AvgIpc) is 3.44. The van der Waals surface area contributed by atoms with Crippen LogP contribution in [0.5, 0.6) is 0 Å². The molecule has 28 heavy (non-hydrogen) atoms. The molecule has 1 aromatic carbocycles. The number of halogens is 1. The third-order valence-corrected chi connectivity index (χ3v) is 6.14. The number of rotatable bonds is 6. The molecule has 0 saturated carbocycles. The van der Waals surface area contributed by atoms with Gasteiger partial charge >= 0.3 is 0 Å². The van der Waals surface area contributed by atoms with Gasteiger partial charge in [0.2, 0.25) is 5.91 Å². The van der Waals surface area contributed by atoms with Crippen molar-refractivity contribution < 1.29 is 9.21 Å². The van der Waals surface area contributed by atoms with Crippen molar-refractivity contribution in [3.8, 4) is 11.3 Å². The molecular weight excluding hydrogens is 456 g/mol. The van der Waals surface area contributed by atoms with Gasteiger partial charge in [-0.15, -0.1) is 22.7 Å². The Morgan fingerprint density at radius 1 is 1.18 bits per heavy atom. The molecule has 0 radical (unpaired) electrons. The fraction of sp³-hybridized carbons (Fsp3) is 0.0476. The van der Waals surface area contributed by atoms with Crippen LogP contribution in [0.25, 0.3) is 17.3 Å². The Bertz CT molecular complexity index is 1100. The Labute approximate surface area is 178 Å². The van der Waals surface area contributed by atoms with E-state index in [1.54, 1.807) is 17.6 Å². The minimum Gasteiger partial charge on any atom is -0.469 e. The molecule has 0 aliphatic rings. The smallest absolute Gasteiger partial charge is 0.250 e. The van der Waals surface area contributed by atoms with E-state index in [2.05, 4.69) is 37.7 Å². The maximum Gasteiger partial charge on any atom is 0.250 e. The summed E-state index contributed by atoms with van der Waals surface area (Å²) in [6.45, 7) is 0. The quantitative estimate of drug-likeness (QED) is 0.328. The standard InChI is InChI=1S/C21H15BrN2O2S2/c22-16-5-3-15(4-6-16)19-13-28-21(23-19)24-20(25)8-7-18-11-14(12-27-18)10-17-2-1-9-26-17/h1-9,11-13H,10H2,(H,23,24,25). The highest BCUT2D eigenvalue weighted by molar-refractivity contribution is 9.10. The number of nitrogens with zero attached hydrogens (tertiary/aromatic N) is 1. The van der Waals surface area contributed by atoms with Gasteiger partial charge in [-0.1, -0.05) is 28.1 Å². The second-order valence-electron chi connectivity index (χ2n) is 5.98. The molecule has 3 aromatic heterocycles. The summed E-state index contributed by atoms with van der Waals surface area (Å²) in [6.07, 6.45) is 5.77. The molecular formula is C21H15BrN2O2S2. The van der Waals surface area contributed by atoms with Crippen LogP contribution in [0.2, 0.25) is 0 Å². The minimum atomic E-state index is -0.197. The largest absolute Gasteiger partial charge is 0.469 e. The van der Waals surface area contributed by atoms with Crippen LogP contribution >= 0.6 is 38.6 Å². The first-order valence-corrected chi connectivity index (χ1v) is 11.0. The number of amides is 1. The molecule has 0 fully saturated rings. The van der Waals surface area contributed by atoms with Gasteiger partial charge in [0.1, 0.15) is 5.76 Å². The summed E-state index contributed by atoms with van der Waals surface area (Å²) in [5.74, 6) is 0.731. The molecule has 7 heteroatoms.